The van der Waals surface area contributed by atoms with E-state index in [2.05, 4.69) is 5.32 Å². The molecule has 1 saturated heterocycles. The van der Waals surface area contributed by atoms with Gasteiger partial charge in [0.05, 0.1) is 12.5 Å². The maximum atomic E-state index is 13.7. The lowest BCUT2D eigenvalue weighted by molar-refractivity contribution is -0.125. The number of nitrogens with one attached hydrogen (secondary N) is 1. The van der Waals surface area contributed by atoms with Crippen LogP contribution in [-0.2, 0) is 14.9 Å². The molecule has 0 saturated carbocycles. The molecular weight excluding hydrogens is 382 g/mol. The summed E-state index contributed by atoms with van der Waals surface area (Å²) >= 11 is 0. The molecule has 0 aromatic heterocycles. The van der Waals surface area contributed by atoms with Crippen LogP contribution < -0.4 is 19.5 Å². The van der Waals surface area contributed by atoms with E-state index < -0.39 is 5.41 Å². The van der Waals surface area contributed by atoms with Crippen LogP contribution in [-0.4, -0.2) is 33.0 Å². The number of methoxy groups -OCH3 is 1. The van der Waals surface area contributed by atoms with Crippen molar-refractivity contribution in [1.29, 1.82) is 0 Å². The van der Waals surface area contributed by atoms with Gasteiger partial charge in [-0.3, -0.25) is 4.79 Å². The Balaban J connectivity index is 1.54. The Hall–Kier alpha value is -3.25. The van der Waals surface area contributed by atoms with E-state index in [9.17, 15) is 4.79 Å². The van der Waals surface area contributed by atoms with E-state index >= 15 is 0 Å². The maximum Gasteiger partial charge on any atom is 0.235 e. The van der Waals surface area contributed by atoms with Gasteiger partial charge in [0.25, 0.3) is 0 Å². The topological polar surface area (TPSA) is 66.0 Å². The fraction of sp³-hybridized carbons (Fsp3) is 0.292. The number of amides is 1. The molecule has 0 atom stereocenters. The largest absolute Gasteiger partial charge is 0.496 e. The molecule has 1 N–H and O–H groups in total. The van der Waals surface area contributed by atoms with Crippen molar-refractivity contribution in [1.82, 2.24) is 0 Å². The number of carbonyl (C=O) groups excluding carboxylic acids is 1. The third kappa shape index (κ3) is 3.04. The second-order valence-corrected chi connectivity index (χ2v) is 7.58. The van der Waals surface area contributed by atoms with Gasteiger partial charge in [-0.1, -0.05) is 30.3 Å². The molecule has 1 fully saturated rings. The molecule has 6 heteroatoms. The first-order valence-electron chi connectivity index (χ1n) is 10.1. The van der Waals surface area contributed by atoms with Crippen LogP contribution in [0.5, 0.6) is 17.2 Å². The lowest BCUT2D eigenvalue weighted by atomic mass is 9.73. The van der Waals surface area contributed by atoms with Crippen LogP contribution in [0.25, 0.3) is 10.8 Å². The highest BCUT2D eigenvalue weighted by Gasteiger charge is 2.42. The first kappa shape index (κ1) is 18.8. The first-order valence-corrected chi connectivity index (χ1v) is 10.1. The van der Waals surface area contributed by atoms with Crippen molar-refractivity contribution < 1.29 is 23.7 Å². The van der Waals surface area contributed by atoms with E-state index in [1.165, 1.54) is 0 Å². The summed E-state index contributed by atoms with van der Waals surface area (Å²) in [6.07, 6.45) is 1.21. The van der Waals surface area contributed by atoms with Crippen molar-refractivity contribution >= 4 is 22.4 Å². The number of hydrogen-bond acceptors (Lipinski definition) is 5. The number of hydrogen-bond donors (Lipinski definition) is 1. The summed E-state index contributed by atoms with van der Waals surface area (Å²) in [5.74, 6) is 2.13. The predicted molar refractivity (Wildman–Crippen MR) is 113 cm³/mol. The molecule has 1 amide bonds. The van der Waals surface area contributed by atoms with Crippen LogP contribution in [0.2, 0.25) is 0 Å². The minimum Gasteiger partial charge on any atom is -0.496 e. The van der Waals surface area contributed by atoms with Gasteiger partial charge in [-0.15, -0.1) is 0 Å². The quantitative estimate of drug-likeness (QED) is 0.702. The molecule has 3 aromatic carbocycles. The Bertz CT molecular complexity index is 1100. The lowest BCUT2D eigenvalue weighted by Gasteiger charge is -2.36. The summed E-state index contributed by atoms with van der Waals surface area (Å²) in [6, 6.07) is 17.5. The number of fused-ring (bicyclic) bond motifs is 2. The van der Waals surface area contributed by atoms with Gasteiger partial charge >= 0.3 is 0 Å². The van der Waals surface area contributed by atoms with Crippen LogP contribution in [0.3, 0.4) is 0 Å². The molecule has 0 radical (unpaired) electrons. The monoisotopic (exact) mass is 405 g/mol. The number of carbonyl (C=O) groups is 1. The summed E-state index contributed by atoms with van der Waals surface area (Å²) in [4.78, 5) is 13.7. The molecule has 30 heavy (non-hydrogen) atoms. The predicted octanol–water partition coefficient (Wildman–Crippen LogP) is 4.26. The van der Waals surface area contributed by atoms with Crippen molar-refractivity contribution in [3.05, 3.63) is 60.2 Å². The molecule has 0 aliphatic carbocycles. The van der Waals surface area contributed by atoms with E-state index in [1.54, 1.807) is 7.11 Å². The molecule has 6 nitrogen and oxygen atoms in total. The highest BCUT2D eigenvalue weighted by Crippen LogP contribution is 2.42. The van der Waals surface area contributed by atoms with Crippen LogP contribution in [0, 0.1) is 0 Å². The Morgan fingerprint density at radius 3 is 2.53 bits per heavy atom. The van der Waals surface area contributed by atoms with Gasteiger partial charge < -0.3 is 24.3 Å². The van der Waals surface area contributed by atoms with Crippen molar-refractivity contribution in [2.75, 3.05) is 32.4 Å². The maximum absolute atomic E-state index is 13.7. The Labute approximate surface area is 174 Å². The van der Waals surface area contributed by atoms with Crippen LogP contribution in [0.15, 0.2) is 54.6 Å². The molecule has 2 aliphatic rings. The fourth-order valence-electron chi connectivity index (χ4n) is 4.36. The molecule has 5 rings (SSSR count). The van der Waals surface area contributed by atoms with Gasteiger partial charge in [0.15, 0.2) is 11.5 Å². The highest BCUT2D eigenvalue weighted by atomic mass is 16.7. The summed E-state index contributed by atoms with van der Waals surface area (Å²) in [5, 5.41) is 5.09. The molecule has 0 spiro atoms. The average molecular weight is 405 g/mol. The van der Waals surface area contributed by atoms with E-state index in [0.29, 0.717) is 37.6 Å². The third-order valence-electron chi connectivity index (χ3n) is 6.06. The summed E-state index contributed by atoms with van der Waals surface area (Å²) in [6.45, 7) is 1.27. The van der Waals surface area contributed by atoms with E-state index in [-0.39, 0.29) is 12.7 Å². The van der Waals surface area contributed by atoms with E-state index in [4.69, 9.17) is 18.9 Å². The molecule has 2 aliphatic heterocycles. The van der Waals surface area contributed by atoms with Crippen molar-refractivity contribution in [3.63, 3.8) is 0 Å². The summed E-state index contributed by atoms with van der Waals surface area (Å²) < 4.78 is 22.1. The van der Waals surface area contributed by atoms with E-state index in [1.807, 2.05) is 54.6 Å². The van der Waals surface area contributed by atoms with Gasteiger partial charge in [0, 0.05) is 29.7 Å². The molecule has 0 unspecified atom stereocenters. The van der Waals surface area contributed by atoms with Gasteiger partial charge in [0.2, 0.25) is 12.7 Å². The first-order chi connectivity index (χ1) is 14.7. The van der Waals surface area contributed by atoms with Crippen molar-refractivity contribution in [2.24, 2.45) is 0 Å². The SMILES string of the molecule is COc1ccc(NC(=O)C2(c3ccc4c(c3)OCO4)CCOCC2)c2ccccc12. The average Bonchev–Trinajstić information content (AvgIpc) is 3.28. The number of anilines is 1. The second kappa shape index (κ2) is 7.54. The standard InChI is InChI=1S/C24H23NO5/c1-27-20-9-7-19(17-4-2-3-5-18(17)20)25-23(26)24(10-12-28-13-11-24)16-6-8-21-22(14-16)30-15-29-21/h2-9,14H,10-13,15H2,1H3,(H,25,26). The minimum atomic E-state index is -0.694. The normalized spacial score (nSPS) is 17.0. The molecule has 0 bridgehead atoms. The molecule has 2 heterocycles. The van der Waals surface area contributed by atoms with Crippen LogP contribution in [0.4, 0.5) is 5.69 Å². The third-order valence-corrected chi connectivity index (χ3v) is 6.06. The lowest BCUT2D eigenvalue weighted by Crippen LogP contribution is -2.44. The zero-order valence-corrected chi connectivity index (χ0v) is 16.8. The summed E-state index contributed by atoms with van der Waals surface area (Å²) in [5.41, 5.74) is 0.994. The summed E-state index contributed by atoms with van der Waals surface area (Å²) in [7, 11) is 1.65. The molecular formula is C24H23NO5. The second-order valence-electron chi connectivity index (χ2n) is 7.58. The molecule has 3 aromatic rings. The molecule has 154 valence electrons. The number of rotatable bonds is 4. The Kier molecular flexibility index (Phi) is 4.71. The zero-order chi connectivity index (χ0) is 20.6. The van der Waals surface area contributed by atoms with Gasteiger partial charge in [0.1, 0.15) is 5.75 Å². The smallest absolute Gasteiger partial charge is 0.235 e. The Morgan fingerprint density at radius 2 is 1.73 bits per heavy atom. The van der Waals surface area contributed by atoms with Gasteiger partial charge in [-0.2, -0.15) is 0 Å². The van der Waals surface area contributed by atoms with Crippen LogP contribution >= 0.6 is 0 Å². The fourth-order valence-corrected chi connectivity index (χ4v) is 4.36. The Morgan fingerprint density at radius 1 is 0.967 bits per heavy atom. The van der Waals surface area contributed by atoms with Crippen molar-refractivity contribution in [3.8, 4) is 17.2 Å². The van der Waals surface area contributed by atoms with Crippen LogP contribution in [0.1, 0.15) is 18.4 Å². The zero-order valence-electron chi connectivity index (χ0n) is 16.8. The van der Waals surface area contributed by atoms with Gasteiger partial charge in [-0.05, 0) is 42.7 Å². The van der Waals surface area contributed by atoms with E-state index in [0.717, 1.165) is 27.8 Å². The highest BCUT2D eigenvalue weighted by molar-refractivity contribution is 6.07. The van der Waals surface area contributed by atoms with Crippen molar-refractivity contribution in [2.45, 2.75) is 18.3 Å². The van der Waals surface area contributed by atoms with Gasteiger partial charge in [-0.25, -0.2) is 0 Å². The minimum absolute atomic E-state index is 0.0417. The number of benzene rings is 3. The number of ether oxygens (including phenoxy) is 4.